The fraction of sp³-hybridized carbons (Fsp3) is 0. The van der Waals surface area contributed by atoms with Gasteiger partial charge in [-0.1, -0.05) is 0 Å². The Morgan fingerprint density at radius 3 is 2.24 bits per heavy atom. The highest BCUT2D eigenvalue weighted by Gasteiger charge is 2.16. The van der Waals surface area contributed by atoms with Gasteiger partial charge in [0, 0.05) is 17.8 Å². The van der Waals surface area contributed by atoms with Crippen molar-refractivity contribution >= 4 is 23.0 Å². The van der Waals surface area contributed by atoms with Crippen molar-refractivity contribution in [1.82, 2.24) is 0 Å². The highest BCUT2D eigenvalue weighted by atomic mass is 19.2. The van der Waals surface area contributed by atoms with E-state index in [0.717, 1.165) is 12.1 Å². The molecule has 110 valence electrons. The number of nitrogens with one attached hydrogen (secondary N) is 1. The molecule has 0 saturated carbocycles. The number of rotatable bonds is 3. The topological polar surface area (TPSA) is 81.1 Å². The lowest BCUT2D eigenvalue weighted by atomic mass is 10.1. The van der Waals surface area contributed by atoms with Crippen LogP contribution < -0.4 is 16.8 Å². The second kappa shape index (κ2) is 5.31. The number of hydrogen-bond acceptors (Lipinski definition) is 3. The Kier molecular flexibility index (Phi) is 3.70. The first kappa shape index (κ1) is 14.6. The molecule has 0 aromatic heterocycles. The van der Waals surface area contributed by atoms with E-state index < -0.39 is 40.6 Å². The summed E-state index contributed by atoms with van der Waals surface area (Å²) in [6.07, 6.45) is 0. The number of carbonyl (C=O) groups is 1. The molecule has 0 unspecified atom stereocenters. The Morgan fingerprint density at radius 1 is 0.952 bits per heavy atom. The zero-order valence-corrected chi connectivity index (χ0v) is 10.4. The lowest BCUT2D eigenvalue weighted by Gasteiger charge is -2.11. The van der Waals surface area contributed by atoms with Crippen molar-refractivity contribution < 1.29 is 22.4 Å². The molecule has 5 N–H and O–H groups in total. The van der Waals surface area contributed by atoms with Crippen molar-refractivity contribution in [2.24, 2.45) is 5.73 Å². The van der Waals surface area contributed by atoms with Gasteiger partial charge in [-0.2, -0.15) is 0 Å². The summed E-state index contributed by atoms with van der Waals surface area (Å²) in [6, 6.07) is 2.69. The van der Waals surface area contributed by atoms with Crippen molar-refractivity contribution in [3.63, 3.8) is 0 Å². The van der Waals surface area contributed by atoms with Gasteiger partial charge in [0.1, 0.15) is 11.6 Å². The molecule has 2 rings (SSSR count). The summed E-state index contributed by atoms with van der Waals surface area (Å²) in [7, 11) is 0. The van der Waals surface area contributed by atoms with Crippen LogP contribution >= 0.6 is 0 Å². The van der Waals surface area contributed by atoms with Crippen LogP contribution in [0.1, 0.15) is 10.4 Å². The maximum absolute atomic E-state index is 13.7. The summed E-state index contributed by atoms with van der Waals surface area (Å²) in [6.45, 7) is 0. The lowest BCUT2D eigenvalue weighted by molar-refractivity contribution is 0.100. The predicted octanol–water partition coefficient (Wildman–Crippen LogP) is 2.67. The van der Waals surface area contributed by atoms with Gasteiger partial charge in [-0.25, -0.2) is 17.6 Å². The van der Waals surface area contributed by atoms with Gasteiger partial charge in [-0.05, 0) is 12.1 Å². The van der Waals surface area contributed by atoms with Gasteiger partial charge in [0.2, 0.25) is 0 Å². The number of anilines is 3. The first-order chi connectivity index (χ1) is 9.79. The van der Waals surface area contributed by atoms with Crippen LogP contribution in [0.3, 0.4) is 0 Å². The third kappa shape index (κ3) is 2.88. The SMILES string of the molecule is NC(=O)c1cc(Nc2cc(F)cc(F)c2F)c(F)cc1N. The second-order valence-corrected chi connectivity index (χ2v) is 4.16. The molecular formula is C13H9F4N3O. The third-order valence-corrected chi connectivity index (χ3v) is 2.67. The fourth-order valence-corrected chi connectivity index (χ4v) is 1.69. The van der Waals surface area contributed by atoms with Crippen LogP contribution in [0.5, 0.6) is 0 Å². The summed E-state index contributed by atoms with van der Waals surface area (Å²) in [5.41, 5.74) is 8.98. The molecule has 0 aliphatic heterocycles. The Morgan fingerprint density at radius 2 is 1.62 bits per heavy atom. The van der Waals surface area contributed by atoms with E-state index >= 15 is 0 Å². The molecule has 0 aliphatic carbocycles. The van der Waals surface area contributed by atoms with Crippen LogP contribution in [-0.2, 0) is 0 Å². The van der Waals surface area contributed by atoms with Crippen molar-refractivity contribution in [1.29, 1.82) is 0 Å². The van der Waals surface area contributed by atoms with E-state index in [4.69, 9.17) is 11.5 Å². The van der Waals surface area contributed by atoms with Gasteiger partial charge >= 0.3 is 0 Å². The molecule has 0 atom stereocenters. The fourth-order valence-electron chi connectivity index (χ4n) is 1.69. The van der Waals surface area contributed by atoms with E-state index in [1.807, 2.05) is 0 Å². The summed E-state index contributed by atoms with van der Waals surface area (Å²) < 4.78 is 53.3. The summed E-state index contributed by atoms with van der Waals surface area (Å²) >= 11 is 0. The van der Waals surface area contributed by atoms with E-state index in [1.165, 1.54) is 0 Å². The van der Waals surface area contributed by atoms with Gasteiger partial charge < -0.3 is 16.8 Å². The zero-order chi connectivity index (χ0) is 15.7. The third-order valence-electron chi connectivity index (χ3n) is 2.67. The monoisotopic (exact) mass is 299 g/mol. The van der Waals surface area contributed by atoms with Crippen molar-refractivity contribution in [2.45, 2.75) is 0 Å². The van der Waals surface area contributed by atoms with Gasteiger partial charge in [0.25, 0.3) is 5.91 Å². The van der Waals surface area contributed by atoms with Crippen molar-refractivity contribution in [2.75, 3.05) is 11.1 Å². The molecule has 0 radical (unpaired) electrons. The van der Waals surface area contributed by atoms with Crippen LogP contribution in [0, 0.1) is 23.3 Å². The molecule has 2 aromatic carbocycles. The Balaban J connectivity index is 2.49. The standard InChI is InChI=1S/C13H9F4N3O/c14-5-1-8(16)12(17)11(2-5)20-10-3-6(13(19)21)9(18)4-7(10)15/h1-4,20H,18H2,(H2,19,21). The first-order valence-corrected chi connectivity index (χ1v) is 5.60. The molecule has 8 heteroatoms. The molecule has 21 heavy (non-hydrogen) atoms. The normalized spacial score (nSPS) is 10.5. The van der Waals surface area contributed by atoms with Crippen molar-refractivity contribution in [3.8, 4) is 0 Å². The maximum Gasteiger partial charge on any atom is 0.250 e. The summed E-state index contributed by atoms with van der Waals surface area (Å²) in [5.74, 6) is -5.76. The van der Waals surface area contributed by atoms with Crippen LogP contribution in [0.2, 0.25) is 0 Å². The number of amides is 1. The Hall–Kier alpha value is -2.77. The van der Waals surface area contributed by atoms with E-state index in [-0.39, 0.29) is 11.3 Å². The Bertz CT molecular complexity index is 734. The Labute approximate surface area is 116 Å². The molecule has 1 amide bonds. The second-order valence-electron chi connectivity index (χ2n) is 4.16. The zero-order valence-electron chi connectivity index (χ0n) is 10.4. The number of carbonyl (C=O) groups excluding carboxylic acids is 1. The van der Waals surface area contributed by atoms with E-state index in [0.29, 0.717) is 12.1 Å². The first-order valence-electron chi connectivity index (χ1n) is 5.60. The minimum atomic E-state index is -1.44. The van der Waals surface area contributed by atoms with Gasteiger partial charge in [0.05, 0.1) is 16.9 Å². The molecule has 0 heterocycles. The smallest absolute Gasteiger partial charge is 0.250 e. The van der Waals surface area contributed by atoms with E-state index in [9.17, 15) is 22.4 Å². The molecule has 0 spiro atoms. The summed E-state index contributed by atoms with van der Waals surface area (Å²) in [5, 5.41) is 2.15. The number of halogens is 4. The number of primary amides is 1. The highest BCUT2D eigenvalue weighted by Crippen LogP contribution is 2.28. The largest absolute Gasteiger partial charge is 0.398 e. The van der Waals surface area contributed by atoms with Crippen LogP contribution in [0.15, 0.2) is 24.3 Å². The van der Waals surface area contributed by atoms with Gasteiger partial charge in [-0.3, -0.25) is 4.79 Å². The van der Waals surface area contributed by atoms with Crippen molar-refractivity contribution in [3.05, 3.63) is 53.1 Å². The highest BCUT2D eigenvalue weighted by molar-refractivity contribution is 5.99. The molecular weight excluding hydrogens is 290 g/mol. The molecule has 4 nitrogen and oxygen atoms in total. The van der Waals surface area contributed by atoms with Gasteiger partial charge in [-0.15, -0.1) is 0 Å². The average molecular weight is 299 g/mol. The molecule has 0 aliphatic rings. The predicted molar refractivity (Wildman–Crippen MR) is 68.9 cm³/mol. The number of hydrogen-bond donors (Lipinski definition) is 3. The quantitative estimate of drug-likeness (QED) is 0.463. The number of nitrogen functional groups attached to an aromatic ring is 1. The molecule has 0 saturated heterocycles. The van der Waals surface area contributed by atoms with Crippen LogP contribution in [-0.4, -0.2) is 5.91 Å². The molecule has 0 bridgehead atoms. The van der Waals surface area contributed by atoms with Crippen LogP contribution in [0.25, 0.3) is 0 Å². The molecule has 2 aromatic rings. The maximum atomic E-state index is 13.7. The number of benzene rings is 2. The average Bonchev–Trinajstić information content (AvgIpc) is 2.37. The van der Waals surface area contributed by atoms with Crippen LogP contribution in [0.4, 0.5) is 34.6 Å². The lowest BCUT2D eigenvalue weighted by Crippen LogP contribution is -2.14. The van der Waals surface area contributed by atoms with E-state index in [2.05, 4.69) is 5.32 Å². The van der Waals surface area contributed by atoms with Gasteiger partial charge in [0.15, 0.2) is 11.6 Å². The minimum Gasteiger partial charge on any atom is -0.398 e. The molecule has 0 fully saturated rings. The number of nitrogens with two attached hydrogens (primary N) is 2. The minimum absolute atomic E-state index is 0.212. The van der Waals surface area contributed by atoms with E-state index in [1.54, 1.807) is 0 Å². The summed E-state index contributed by atoms with van der Waals surface area (Å²) in [4.78, 5) is 11.1.